The molecule has 1 fully saturated rings. The largest absolute Gasteiger partial charge is 0.480 e. The quantitative estimate of drug-likeness (QED) is 0.551. The zero-order valence-corrected chi connectivity index (χ0v) is 8.65. The van der Waals surface area contributed by atoms with Gasteiger partial charge in [0.1, 0.15) is 0 Å². The SMILES string of the molecule is CC(O)C(C(=O)O)N1CC(S)CC1=O. The summed E-state index contributed by atoms with van der Waals surface area (Å²) < 4.78 is 0. The second kappa shape index (κ2) is 4.18. The monoisotopic (exact) mass is 219 g/mol. The van der Waals surface area contributed by atoms with Crippen molar-refractivity contribution < 1.29 is 19.8 Å². The van der Waals surface area contributed by atoms with Gasteiger partial charge in [-0.25, -0.2) is 4.79 Å². The van der Waals surface area contributed by atoms with E-state index in [2.05, 4.69) is 12.6 Å². The number of carbonyl (C=O) groups is 2. The molecule has 1 aliphatic rings. The highest BCUT2D eigenvalue weighted by Gasteiger charge is 2.38. The summed E-state index contributed by atoms with van der Waals surface area (Å²) >= 11 is 4.11. The lowest BCUT2D eigenvalue weighted by Crippen LogP contribution is -2.48. The van der Waals surface area contributed by atoms with Gasteiger partial charge in [-0.15, -0.1) is 0 Å². The number of rotatable bonds is 3. The predicted molar refractivity (Wildman–Crippen MR) is 52.2 cm³/mol. The Morgan fingerprint density at radius 2 is 2.29 bits per heavy atom. The van der Waals surface area contributed by atoms with Gasteiger partial charge in [0.2, 0.25) is 5.91 Å². The molecule has 0 saturated carbocycles. The number of carbonyl (C=O) groups excluding carboxylic acids is 1. The number of thiol groups is 1. The first-order chi connectivity index (χ1) is 6.43. The molecule has 0 spiro atoms. The average molecular weight is 219 g/mol. The molecule has 0 aromatic rings. The third kappa shape index (κ3) is 2.19. The van der Waals surface area contributed by atoms with Crippen LogP contribution in [0.5, 0.6) is 0 Å². The van der Waals surface area contributed by atoms with Crippen molar-refractivity contribution in [3.05, 3.63) is 0 Å². The third-order valence-electron chi connectivity index (χ3n) is 2.18. The summed E-state index contributed by atoms with van der Waals surface area (Å²) in [6, 6.07) is -1.15. The van der Waals surface area contributed by atoms with Crippen LogP contribution in [-0.2, 0) is 9.59 Å². The number of likely N-dealkylation sites (tertiary alicyclic amines) is 1. The Bertz CT molecular complexity index is 256. The smallest absolute Gasteiger partial charge is 0.329 e. The van der Waals surface area contributed by atoms with E-state index in [1.165, 1.54) is 11.8 Å². The van der Waals surface area contributed by atoms with Crippen LogP contribution in [0.1, 0.15) is 13.3 Å². The van der Waals surface area contributed by atoms with Gasteiger partial charge in [-0.3, -0.25) is 4.79 Å². The average Bonchev–Trinajstić information content (AvgIpc) is 2.29. The molecule has 5 nitrogen and oxygen atoms in total. The molecular weight excluding hydrogens is 206 g/mol. The van der Waals surface area contributed by atoms with Crippen LogP contribution in [-0.4, -0.2) is 50.9 Å². The number of hydrogen-bond acceptors (Lipinski definition) is 4. The molecule has 3 unspecified atom stereocenters. The van der Waals surface area contributed by atoms with Gasteiger partial charge in [-0.1, -0.05) is 0 Å². The number of carboxylic acids is 1. The van der Waals surface area contributed by atoms with Crippen LogP contribution in [0, 0.1) is 0 Å². The fraction of sp³-hybridized carbons (Fsp3) is 0.750. The highest BCUT2D eigenvalue weighted by molar-refractivity contribution is 7.81. The van der Waals surface area contributed by atoms with E-state index in [9.17, 15) is 14.7 Å². The van der Waals surface area contributed by atoms with Crippen LogP contribution in [0.3, 0.4) is 0 Å². The highest BCUT2D eigenvalue weighted by atomic mass is 32.1. The van der Waals surface area contributed by atoms with Crippen molar-refractivity contribution in [1.29, 1.82) is 0 Å². The number of aliphatic carboxylic acids is 1. The fourth-order valence-electron chi connectivity index (χ4n) is 1.58. The number of carboxylic acid groups (broad SMARTS) is 1. The maximum Gasteiger partial charge on any atom is 0.329 e. The van der Waals surface area contributed by atoms with E-state index in [1.54, 1.807) is 0 Å². The van der Waals surface area contributed by atoms with Crippen molar-refractivity contribution in [2.45, 2.75) is 30.7 Å². The molecule has 1 aliphatic heterocycles. The van der Waals surface area contributed by atoms with Crippen LogP contribution in [0.4, 0.5) is 0 Å². The number of hydrogen-bond donors (Lipinski definition) is 3. The molecule has 1 saturated heterocycles. The number of aliphatic hydroxyl groups excluding tert-OH is 1. The molecule has 14 heavy (non-hydrogen) atoms. The van der Waals surface area contributed by atoms with Gasteiger partial charge in [0, 0.05) is 18.2 Å². The fourth-order valence-corrected chi connectivity index (χ4v) is 1.91. The molecule has 0 aliphatic carbocycles. The molecule has 0 bridgehead atoms. The Labute approximate surface area is 87.1 Å². The summed E-state index contributed by atoms with van der Waals surface area (Å²) in [5.74, 6) is -1.45. The van der Waals surface area contributed by atoms with Gasteiger partial charge in [0.25, 0.3) is 0 Å². The van der Waals surface area contributed by atoms with E-state index in [4.69, 9.17) is 5.11 Å². The Morgan fingerprint density at radius 1 is 1.71 bits per heavy atom. The van der Waals surface area contributed by atoms with E-state index in [1.807, 2.05) is 0 Å². The second-order valence-corrected chi connectivity index (χ2v) is 4.16. The van der Waals surface area contributed by atoms with Crippen LogP contribution in [0.15, 0.2) is 0 Å². The van der Waals surface area contributed by atoms with Gasteiger partial charge in [0.05, 0.1) is 6.10 Å². The minimum atomic E-state index is -1.18. The van der Waals surface area contributed by atoms with Crippen molar-refractivity contribution in [2.75, 3.05) is 6.54 Å². The van der Waals surface area contributed by atoms with Crippen molar-refractivity contribution in [3.63, 3.8) is 0 Å². The van der Waals surface area contributed by atoms with E-state index in [-0.39, 0.29) is 24.1 Å². The molecule has 3 atom stereocenters. The first-order valence-corrected chi connectivity index (χ1v) is 4.83. The molecule has 1 amide bonds. The lowest BCUT2D eigenvalue weighted by molar-refractivity contribution is -0.152. The van der Waals surface area contributed by atoms with E-state index in [0.717, 1.165) is 0 Å². The van der Waals surface area contributed by atoms with Gasteiger partial charge in [-0.2, -0.15) is 12.6 Å². The molecule has 1 rings (SSSR count). The Kier molecular flexibility index (Phi) is 3.38. The molecule has 80 valence electrons. The molecule has 0 aromatic carbocycles. The van der Waals surface area contributed by atoms with E-state index in [0.29, 0.717) is 0 Å². The third-order valence-corrected chi connectivity index (χ3v) is 2.53. The second-order valence-electron chi connectivity index (χ2n) is 3.43. The summed E-state index contributed by atoms with van der Waals surface area (Å²) in [7, 11) is 0. The standard InChI is InChI=1S/C8H13NO4S/c1-4(10)7(8(12)13)9-3-5(14)2-6(9)11/h4-5,7,10,14H,2-3H2,1H3,(H,12,13). The van der Waals surface area contributed by atoms with Crippen molar-refractivity contribution >= 4 is 24.5 Å². The van der Waals surface area contributed by atoms with Crippen LogP contribution < -0.4 is 0 Å². The maximum absolute atomic E-state index is 11.3. The number of amides is 1. The Balaban J connectivity index is 2.79. The van der Waals surface area contributed by atoms with Gasteiger partial charge >= 0.3 is 5.97 Å². The molecule has 6 heteroatoms. The number of nitrogens with zero attached hydrogens (tertiary/aromatic N) is 1. The van der Waals surface area contributed by atoms with Gasteiger partial charge in [-0.05, 0) is 6.92 Å². The van der Waals surface area contributed by atoms with E-state index < -0.39 is 18.1 Å². The first kappa shape index (κ1) is 11.3. The summed E-state index contributed by atoms with van der Waals surface area (Å²) in [4.78, 5) is 23.3. The minimum absolute atomic E-state index is 0.136. The normalized spacial score (nSPS) is 26.4. The summed E-state index contributed by atoms with van der Waals surface area (Å²) in [5.41, 5.74) is 0. The first-order valence-electron chi connectivity index (χ1n) is 4.32. The lowest BCUT2D eigenvalue weighted by Gasteiger charge is -2.26. The van der Waals surface area contributed by atoms with Gasteiger partial charge < -0.3 is 15.1 Å². The lowest BCUT2D eigenvalue weighted by atomic mass is 10.1. The zero-order valence-electron chi connectivity index (χ0n) is 7.75. The van der Waals surface area contributed by atoms with E-state index >= 15 is 0 Å². The Morgan fingerprint density at radius 3 is 2.57 bits per heavy atom. The van der Waals surface area contributed by atoms with Crippen molar-refractivity contribution in [2.24, 2.45) is 0 Å². The van der Waals surface area contributed by atoms with Crippen LogP contribution in [0.2, 0.25) is 0 Å². The van der Waals surface area contributed by atoms with Crippen LogP contribution >= 0.6 is 12.6 Å². The minimum Gasteiger partial charge on any atom is -0.480 e. The topological polar surface area (TPSA) is 77.8 Å². The highest BCUT2D eigenvalue weighted by Crippen LogP contribution is 2.20. The summed E-state index contributed by atoms with van der Waals surface area (Å²) in [6.07, 6.45) is -0.838. The summed E-state index contributed by atoms with van der Waals surface area (Å²) in [5, 5.41) is 17.9. The molecule has 0 radical (unpaired) electrons. The molecular formula is C8H13NO4S. The van der Waals surface area contributed by atoms with Gasteiger partial charge in [0.15, 0.2) is 6.04 Å². The molecule has 2 N–H and O–H groups in total. The maximum atomic E-state index is 11.3. The Hall–Kier alpha value is -0.750. The molecule has 1 heterocycles. The van der Waals surface area contributed by atoms with Crippen molar-refractivity contribution in [1.82, 2.24) is 4.90 Å². The zero-order chi connectivity index (χ0) is 10.9. The van der Waals surface area contributed by atoms with Crippen LogP contribution in [0.25, 0.3) is 0 Å². The number of aliphatic hydroxyl groups is 1. The predicted octanol–water partition coefficient (Wildman–Crippen LogP) is -0.649. The van der Waals surface area contributed by atoms with Crippen molar-refractivity contribution in [3.8, 4) is 0 Å². The molecule has 0 aromatic heterocycles. The summed E-state index contributed by atoms with van der Waals surface area (Å²) in [6.45, 7) is 1.64.